The van der Waals surface area contributed by atoms with Gasteiger partial charge in [0.15, 0.2) is 0 Å². The third kappa shape index (κ3) is 4.96. The van der Waals surface area contributed by atoms with E-state index in [2.05, 4.69) is 12.1 Å². The fraction of sp³-hybridized carbons (Fsp3) is 0.296. The zero-order valence-corrected chi connectivity index (χ0v) is 17.5. The number of ether oxygens (including phenoxy) is 1. The zero-order valence-electron chi connectivity index (χ0n) is 17.5. The summed E-state index contributed by atoms with van der Waals surface area (Å²) >= 11 is 0. The maximum Gasteiger partial charge on any atom is 0.123 e. The molecule has 160 valence electrons. The molecule has 0 fully saturated rings. The summed E-state index contributed by atoms with van der Waals surface area (Å²) < 4.78 is 19.5. The van der Waals surface area contributed by atoms with Gasteiger partial charge in [0.1, 0.15) is 23.6 Å². The van der Waals surface area contributed by atoms with Crippen molar-refractivity contribution in [3.05, 3.63) is 94.8 Å². The number of benzene rings is 3. The van der Waals surface area contributed by atoms with E-state index < -0.39 is 0 Å². The number of fused-ring (bicyclic) bond motifs is 1. The molecule has 31 heavy (non-hydrogen) atoms. The summed E-state index contributed by atoms with van der Waals surface area (Å²) in [7, 11) is 0. The second kappa shape index (κ2) is 9.78. The molecule has 0 bridgehead atoms. The average molecular weight is 419 g/mol. The predicted octanol–water partition coefficient (Wildman–Crippen LogP) is 6.14. The van der Waals surface area contributed by atoms with E-state index in [-0.39, 0.29) is 23.4 Å². The van der Waals surface area contributed by atoms with E-state index in [0.717, 1.165) is 54.4 Å². The van der Waals surface area contributed by atoms with Gasteiger partial charge in [-0.15, -0.1) is 0 Å². The van der Waals surface area contributed by atoms with E-state index in [0.29, 0.717) is 13.0 Å². The zero-order chi connectivity index (χ0) is 21.6. The third-order valence-corrected chi connectivity index (χ3v) is 6.09. The normalized spacial score (nSPS) is 17.7. The average Bonchev–Trinajstić information content (AvgIpc) is 2.79. The summed E-state index contributed by atoms with van der Waals surface area (Å²) in [5, 5.41) is 9.98. The first-order chi connectivity index (χ1) is 15.2. The van der Waals surface area contributed by atoms with Gasteiger partial charge in [0.05, 0.1) is 6.61 Å². The highest BCUT2D eigenvalue weighted by molar-refractivity contribution is 5.49. The minimum absolute atomic E-state index is 0.0911. The van der Waals surface area contributed by atoms with E-state index in [1.165, 1.54) is 17.7 Å². The van der Waals surface area contributed by atoms with E-state index in [1.807, 2.05) is 36.4 Å². The van der Waals surface area contributed by atoms with Crippen molar-refractivity contribution in [3.8, 4) is 11.5 Å². The number of carbonyl (C=O) groups is 1. The van der Waals surface area contributed by atoms with Gasteiger partial charge in [-0.2, -0.15) is 0 Å². The molecule has 3 nitrogen and oxygen atoms in total. The third-order valence-electron chi connectivity index (χ3n) is 6.09. The highest BCUT2D eigenvalue weighted by atomic mass is 19.1. The molecule has 1 aliphatic rings. The molecule has 0 saturated carbocycles. The molecule has 0 unspecified atom stereocenters. The minimum Gasteiger partial charge on any atom is -0.508 e. The molecule has 4 heteroatoms. The smallest absolute Gasteiger partial charge is 0.123 e. The number of hydrogen-bond donors (Lipinski definition) is 1. The van der Waals surface area contributed by atoms with Gasteiger partial charge >= 0.3 is 0 Å². The molecular formula is C27H27FO3. The summed E-state index contributed by atoms with van der Waals surface area (Å²) in [6.45, 7) is 0.577. The Hall–Kier alpha value is -3.14. The topological polar surface area (TPSA) is 46.5 Å². The summed E-state index contributed by atoms with van der Waals surface area (Å²) in [5.41, 5.74) is 4.61. The standard InChI is InChI=1S/C27H27FO3/c28-22-10-7-19(8-11-22)25-13-9-20-17-23(30)12-14-26(20)27(25)21-5-4-6-24(18-21)31-16-3-1-2-15-29/h4-8,10-12,14-15,17-18,25,27,30H,1-3,9,13,16H2/t25-,27+/m1/s1. The van der Waals surface area contributed by atoms with Crippen LogP contribution in [0.2, 0.25) is 0 Å². The summed E-state index contributed by atoms with van der Waals surface area (Å²) in [6.07, 6.45) is 4.96. The highest BCUT2D eigenvalue weighted by Crippen LogP contribution is 2.47. The first-order valence-electron chi connectivity index (χ1n) is 10.9. The number of aldehydes is 1. The lowest BCUT2D eigenvalue weighted by molar-refractivity contribution is -0.107. The molecule has 0 saturated heterocycles. The Morgan fingerprint density at radius 1 is 1.00 bits per heavy atom. The molecule has 0 amide bonds. The molecule has 0 radical (unpaired) electrons. The van der Waals surface area contributed by atoms with Crippen molar-refractivity contribution in [2.75, 3.05) is 6.61 Å². The second-order valence-electron chi connectivity index (χ2n) is 8.14. The molecule has 3 aromatic rings. The lowest BCUT2D eigenvalue weighted by Gasteiger charge is -2.35. The van der Waals surface area contributed by atoms with Crippen molar-refractivity contribution in [2.45, 2.75) is 43.9 Å². The lowest BCUT2D eigenvalue weighted by Crippen LogP contribution is -2.20. The van der Waals surface area contributed by atoms with Gasteiger partial charge in [0.25, 0.3) is 0 Å². The van der Waals surface area contributed by atoms with Gasteiger partial charge in [0.2, 0.25) is 0 Å². The van der Waals surface area contributed by atoms with E-state index in [4.69, 9.17) is 4.74 Å². The Balaban J connectivity index is 1.66. The number of phenols is 1. The van der Waals surface area contributed by atoms with Crippen molar-refractivity contribution < 1.29 is 19.0 Å². The highest BCUT2D eigenvalue weighted by Gasteiger charge is 2.32. The summed E-state index contributed by atoms with van der Waals surface area (Å²) in [5.74, 6) is 1.16. The van der Waals surface area contributed by atoms with Crippen molar-refractivity contribution in [1.82, 2.24) is 0 Å². The number of carbonyl (C=O) groups excluding carboxylic acids is 1. The van der Waals surface area contributed by atoms with Crippen LogP contribution in [0.25, 0.3) is 0 Å². The van der Waals surface area contributed by atoms with Gasteiger partial charge in [-0.3, -0.25) is 0 Å². The van der Waals surface area contributed by atoms with E-state index in [1.54, 1.807) is 6.07 Å². The number of hydrogen-bond acceptors (Lipinski definition) is 3. The first-order valence-corrected chi connectivity index (χ1v) is 10.9. The van der Waals surface area contributed by atoms with Crippen LogP contribution in [-0.4, -0.2) is 18.0 Å². The van der Waals surface area contributed by atoms with E-state index >= 15 is 0 Å². The number of aryl methyl sites for hydroxylation is 1. The summed E-state index contributed by atoms with van der Waals surface area (Å²) in [6, 6.07) is 20.6. The van der Waals surface area contributed by atoms with Crippen LogP contribution in [0.5, 0.6) is 11.5 Å². The maximum atomic E-state index is 13.5. The Bertz CT molecular complexity index is 1030. The van der Waals surface area contributed by atoms with Crippen LogP contribution in [0, 0.1) is 5.82 Å². The Morgan fingerprint density at radius 2 is 1.84 bits per heavy atom. The van der Waals surface area contributed by atoms with Crippen molar-refractivity contribution in [3.63, 3.8) is 0 Å². The molecule has 0 spiro atoms. The Labute approximate surface area is 182 Å². The Morgan fingerprint density at radius 3 is 2.65 bits per heavy atom. The monoisotopic (exact) mass is 418 g/mol. The fourth-order valence-corrected chi connectivity index (χ4v) is 4.60. The predicted molar refractivity (Wildman–Crippen MR) is 119 cm³/mol. The van der Waals surface area contributed by atoms with Gasteiger partial charge in [-0.05, 0) is 90.3 Å². The fourth-order valence-electron chi connectivity index (χ4n) is 4.60. The lowest BCUT2D eigenvalue weighted by atomic mass is 9.69. The number of unbranched alkanes of at least 4 members (excludes halogenated alkanes) is 2. The van der Waals surface area contributed by atoms with Crippen molar-refractivity contribution in [1.29, 1.82) is 0 Å². The quantitative estimate of drug-likeness (QED) is 0.353. The van der Waals surface area contributed by atoms with Crippen molar-refractivity contribution >= 4 is 6.29 Å². The Kier molecular flexibility index (Phi) is 6.66. The molecule has 0 aliphatic heterocycles. The molecule has 0 heterocycles. The SMILES string of the molecule is O=CCCCCOc1cccc([C@@H]2c3ccc(O)cc3CC[C@@H]2c2ccc(F)cc2)c1. The van der Waals surface area contributed by atoms with Crippen LogP contribution in [-0.2, 0) is 11.2 Å². The molecule has 2 atom stereocenters. The van der Waals surface area contributed by atoms with Gasteiger partial charge in [0, 0.05) is 12.3 Å². The molecule has 1 N–H and O–H groups in total. The first kappa shape index (κ1) is 21.1. The van der Waals surface area contributed by atoms with Crippen LogP contribution in [0.1, 0.15) is 59.8 Å². The molecular weight excluding hydrogens is 391 g/mol. The van der Waals surface area contributed by atoms with Crippen LogP contribution in [0.3, 0.4) is 0 Å². The number of phenolic OH excluding ortho intramolecular Hbond substituents is 1. The van der Waals surface area contributed by atoms with Gasteiger partial charge in [-0.1, -0.05) is 30.3 Å². The largest absolute Gasteiger partial charge is 0.508 e. The molecule has 1 aliphatic carbocycles. The molecule has 4 rings (SSSR count). The second-order valence-corrected chi connectivity index (χ2v) is 8.14. The van der Waals surface area contributed by atoms with Gasteiger partial charge < -0.3 is 14.6 Å². The van der Waals surface area contributed by atoms with Crippen LogP contribution >= 0.6 is 0 Å². The minimum atomic E-state index is -0.230. The van der Waals surface area contributed by atoms with Crippen LogP contribution < -0.4 is 4.74 Å². The molecule has 0 aromatic heterocycles. The number of halogens is 1. The number of aromatic hydroxyl groups is 1. The van der Waals surface area contributed by atoms with Gasteiger partial charge in [-0.25, -0.2) is 4.39 Å². The number of rotatable bonds is 8. The maximum absolute atomic E-state index is 13.5. The summed E-state index contributed by atoms with van der Waals surface area (Å²) in [4.78, 5) is 10.5. The van der Waals surface area contributed by atoms with Crippen molar-refractivity contribution in [2.24, 2.45) is 0 Å². The molecule has 3 aromatic carbocycles. The van der Waals surface area contributed by atoms with Crippen LogP contribution in [0.4, 0.5) is 4.39 Å². The van der Waals surface area contributed by atoms with E-state index in [9.17, 15) is 14.3 Å². The van der Waals surface area contributed by atoms with Crippen LogP contribution in [0.15, 0.2) is 66.7 Å².